The monoisotopic (exact) mass is 558 g/mol. The molecule has 0 fully saturated rings. The highest BCUT2D eigenvalue weighted by atomic mass is 79.9. The van der Waals surface area contributed by atoms with Gasteiger partial charge in [0.2, 0.25) is 5.91 Å². The zero-order chi connectivity index (χ0) is 24.6. The summed E-state index contributed by atoms with van der Waals surface area (Å²) in [7, 11) is 0. The first-order valence-electron chi connectivity index (χ1n) is 9.84. The van der Waals surface area contributed by atoms with Crippen LogP contribution in [-0.2, 0) is 17.9 Å². The van der Waals surface area contributed by atoms with Crippen LogP contribution in [0.15, 0.2) is 41.0 Å². The average molecular weight is 560 g/mol. The molecule has 178 valence electrons. The van der Waals surface area contributed by atoms with Gasteiger partial charge < -0.3 is 5.32 Å². The van der Waals surface area contributed by atoms with E-state index in [0.29, 0.717) is 12.6 Å². The van der Waals surface area contributed by atoms with Crippen LogP contribution >= 0.6 is 27.5 Å². The van der Waals surface area contributed by atoms with Gasteiger partial charge in [-0.2, -0.15) is 10.2 Å². The highest BCUT2D eigenvalue weighted by Crippen LogP contribution is 2.32. The van der Waals surface area contributed by atoms with Crippen LogP contribution in [-0.4, -0.2) is 30.5 Å². The Kier molecular flexibility index (Phi) is 6.89. The fourth-order valence-corrected chi connectivity index (χ4v) is 3.91. The van der Waals surface area contributed by atoms with Crippen LogP contribution < -0.4 is 5.32 Å². The fraction of sp³-hybridized carbons (Fsp3) is 0.238. The van der Waals surface area contributed by atoms with Gasteiger partial charge in [0.25, 0.3) is 12.9 Å². The maximum absolute atomic E-state index is 13.5. The SMILES string of the molecule is Cc1nn(CC(=O)Nc2nn(Cc3ccc(Br)cc3)cc2Cl)c2nc(C(F)F)cc(C(F)F)c12. The largest absolute Gasteiger partial charge is 0.306 e. The minimum Gasteiger partial charge on any atom is -0.306 e. The molecule has 0 atom stereocenters. The van der Waals surface area contributed by atoms with Crippen molar-refractivity contribution < 1.29 is 22.4 Å². The summed E-state index contributed by atoms with van der Waals surface area (Å²) in [5, 5.41) is 11.0. The van der Waals surface area contributed by atoms with Crippen molar-refractivity contribution in [2.75, 3.05) is 5.32 Å². The predicted octanol–water partition coefficient (Wildman–Crippen LogP) is 5.91. The van der Waals surface area contributed by atoms with Gasteiger partial charge in [-0.1, -0.05) is 39.7 Å². The number of benzene rings is 1. The molecular weight excluding hydrogens is 544 g/mol. The Morgan fingerprint density at radius 1 is 1.15 bits per heavy atom. The third-order valence-corrected chi connectivity index (χ3v) is 5.72. The molecule has 1 N–H and O–H groups in total. The van der Waals surface area contributed by atoms with Crippen LogP contribution in [0.5, 0.6) is 0 Å². The number of anilines is 1. The molecule has 0 unspecified atom stereocenters. The molecule has 13 heteroatoms. The molecule has 0 aliphatic carbocycles. The lowest BCUT2D eigenvalue weighted by Gasteiger charge is -2.08. The summed E-state index contributed by atoms with van der Waals surface area (Å²) in [6.45, 7) is 1.37. The number of halogens is 6. The Hall–Kier alpha value is -2.99. The first kappa shape index (κ1) is 24.1. The van der Waals surface area contributed by atoms with Crippen LogP contribution in [0.25, 0.3) is 11.0 Å². The molecule has 0 saturated carbocycles. The molecule has 34 heavy (non-hydrogen) atoms. The summed E-state index contributed by atoms with van der Waals surface area (Å²) in [4.78, 5) is 16.4. The Labute approximate surface area is 203 Å². The topological polar surface area (TPSA) is 77.6 Å². The molecule has 4 rings (SSSR count). The zero-order valence-corrected chi connectivity index (χ0v) is 19.8. The fourth-order valence-electron chi connectivity index (χ4n) is 3.45. The van der Waals surface area contributed by atoms with E-state index in [1.54, 1.807) is 4.68 Å². The second kappa shape index (κ2) is 9.71. The normalized spacial score (nSPS) is 11.7. The van der Waals surface area contributed by atoms with Gasteiger partial charge in [-0.25, -0.2) is 27.2 Å². The number of rotatable bonds is 7. The summed E-state index contributed by atoms with van der Waals surface area (Å²) in [6.07, 6.45) is -4.53. The van der Waals surface area contributed by atoms with Crippen LogP contribution in [0, 0.1) is 6.92 Å². The molecule has 1 aromatic carbocycles. The number of hydrogen-bond acceptors (Lipinski definition) is 4. The van der Waals surface area contributed by atoms with Crippen LogP contribution in [0.1, 0.15) is 35.4 Å². The van der Waals surface area contributed by atoms with E-state index in [2.05, 4.69) is 36.4 Å². The van der Waals surface area contributed by atoms with Gasteiger partial charge >= 0.3 is 0 Å². The van der Waals surface area contributed by atoms with Gasteiger partial charge in [-0.15, -0.1) is 0 Å². The molecule has 0 aliphatic rings. The number of aryl methyl sites for hydroxylation is 1. The third kappa shape index (κ3) is 5.07. The van der Waals surface area contributed by atoms with E-state index in [1.165, 1.54) is 13.1 Å². The molecule has 3 heterocycles. The number of pyridine rings is 1. The van der Waals surface area contributed by atoms with Crippen molar-refractivity contribution in [2.45, 2.75) is 32.9 Å². The molecular formula is C21H16BrClF4N6O. The standard InChI is InChI=1S/C21H16BrClF4N6O/c1-10-17-13(18(24)25)6-15(19(26)27)28-21(17)33(30-10)9-16(34)29-20-14(23)8-32(31-20)7-11-2-4-12(22)5-3-11/h2-6,8,18-19H,7,9H2,1H3,(H,29,31,34). The van der Waals surface area contributed by atoms with E-state index in [4.69, 9.17) is 11.6 Å². The number of nitrogens with one attached hydrogen (secondary N) is 1. The quantitative estimate of drug-likeness (QED) is 0.286. The second-order valence-electron chi connectivity index (χ2n) is 7.38. The van der Waals surface area contributed by atoms with E-state index in [0.717, 1.165) is 14.7 Å². The number of nitrogens with zero attached hydrogens (tertiary/aromatic N) is 5. The van der Waals surface area contributed by atoms with Crippen molar-refractivity contribution in [3.63, 3.8) is 0 Å². The highest BCUT2D eigenvalue weighted by molar-refractivity contribution is 9.10. The van der Waals surface area contributed by atoms with E-state index in [9.17, 15) is 22.4 Å². The number of fused-ring (bicyclic) bond motifs is 1. The molecule has 0 saturated heterocycles. The number of amides is 1. The summed E-state index contributed by atoms with van der Waals surface area (Å²) in [5.74, 6) is -0.547. The van der Waals surface area contributed by atoms with Crippen molar-refractivity contribution in [3.8, 4) is 0 Å². The number of carbonyl (C=O) groups excluding carboxylic acids is 1. The first-order chi connectivity index (χ1) is 16.1. The van der Waals surface area contributed by atoms with Gasteiger partial charge in [-0.3, -0.25) is 9.48 Å². The number of aromatic nitrogens is 5. The lowest BCUT2D eigenvalue weighted by molar-refractivity contribution is -0.116. The van der Waals surface area contributed by atoms with Gasteiger partial charge in [0, 0.05) is 16.2 Å². The van der Waals surface area contributed by atoms with Crippen molar-refractivity contribution in [2.24, 2.45) is 0 Å². The van der Waals surface area contributed by atoms with Crippen LogP contribution in [0.2, 0.25) is 5.02 Å². The van der Waals surface area contributed by atoms with Crippen molar-refractivity contribution >= 4 is 50.3 Å². The zero-order valence-electron chi connectivity index (χ0n) is 17.4. The lowest BCUT2D eigenvalue weighted by Crippen LogP contribution is -2.20. The molecule has 0 radical (unpaired) electrons. The summed E-state index contributed by atoms with van der Waals surface area (Å²) in [6, 6.07) is 8.22. The summed E-state index contributed by atoms with van der Waals surface area (Å²) < 4.78 is 56.9. The molecule has 3 aromatic heterocycles. The van der Waals surface area contributed by atoms with Gasteiger partial charge in [-0.05, 0) is 30.7 Å². The third-order valence-electron chi connectivity index (χ3n) is 4.91. The Morgan fingerprint density at radius 2 is 1.85 bits per heavy atom. The molecule has 4 aromatic rings. The van der Waals surface area contributed by atoms with Crippen LogP contribution in [0.3, 0.4) is 0 Å². The Morgan fingerprint density at radius 3 is 2.50 bits per heavy atom. The molecule has 1 amide bonds. The smallest absolute Gasteiger partial charge is 0.280 e. The minimum atomic E-state index is -3.06. The van der Waals surface area contributed by atoms with E-state index in [-0.39, 0.29) is 27.6 Å². The maximum Gasteiger partial charge on any atom is 0.280 e. The highest BCUT2D eigenvalue weighted by Gasteiger charge is 2.24. The van der Waals surface area contributed by atoms with E-state index in [1.807, 2.05) is 24.3 Å². The molecule has 0 spiro atoms. The molecule has 0 bridgehead atoms. The van der Waals surface area contributed by atoms with Crippen molar-refractivity contribution in [3.05, 3.63) is 68.5 Å². The molecule has 0 aliphatic heterocycles. The van der Waals surface area contributed by atoms with Gasteiger partial charge in [0.15, 0.2) is 11.5 Å². The maximum atomic E-state index is 13.5. The van der Waals surface area contributed by atoms with Crippen molar-refractivity contribution in [1.82, 2.24) is 24.5 Å². The van der Waals surface area contributed by atoms with Crippen LogP contribution in [0.4, 0.5) is 23.4 Å². The summed E-state index contributed by atoms with van der Waals surface area (Å²) in [5.41, 5.74) is -0.566. The first-order valence-corrected chi connectivity index (χ1v) is 11.0. The van der Waals surface area contributed by atoms with Gasteiger partial charge in [0.1, 0.15) is 17.3 Å². The summed E-state index contributed by atoms with van der Waals surface area (Å²) >= 11 is 9.55. The number of hydrogen-bond donors (Lipinski definition) is 1. The minimum absolute atomic E-state index is 0.0657. The second-order valence-corrected chi connectivity index (χ2v) is 8.70. The number of alkyl halides is 4. The molecule has 7 nitrogen and oxygen atoms in total. The van der Waals surface area contributed by atoms with E-state index < -0.39 is 36.6 Å². The number of carbonyl (C=O) groups is 1. The van der Waals surface area contributed by atoms with Gasteiger partial charge in [0.05, 0.1) is 17.6 Å². The van der Waals surface area contributed by atoms with Crippen molar-refractivity contribution in [1.29, 1.82) is 0 Å². The predicted molar refractivity (Wildman–Crippen MR) is 121 cm³/mol. The average Bonchev–Trinajstić information content (AvgIpc) is 3.27. The van der Waals surface area contributed by atoms with E-state index >= 15 is 0 Å². The Bertz CT molecular complexity index is 1360. The lowest BCUT2D eigenvalue weighted by atomic mass is 10.1. The Balaban J connectivity index is 1.56.